The molecule has 0 radical (unpaired) electrons. The maximum atomic E-state index is 11.8. The van der Waals surface area contributed by atoms with E-state index in [2.05, 4.69) is 16.2 Å². The molecule has 176 valence electrons. The lowest BCUT2D eigenvalue weighted by atomic mass is 9.83. The molecule has 4 rings (SSSR count). The summed E-state index contributed by atoms with van der Waals surface area (Å²) < 4.78 is 0. The molecule has 6 heteroatoms. The van der Waals surface area contributed by atoms with Crippen LogP contribution in [0.15, 0.2) is 95.0 Å². The Labute approximate surface area is 203 Å². The van der Waals surface area contributed by atoms with Gasteiger partial charge in [0.1, 0.15) is 0 Å². The van der Waals surface area contributed by atoms with E-state index in [9.17, 15) is 19.9 Å². The number of nitrogens with one attached hydrogen (secondary N) is 1. The van der Waals surface area contributed by atoms with Gasteiger partial charge in [0.15, 0.2) is 0 Å². The zero-order valence-electron chi connectivity index (χ0n) is 19.5. The zero-order chi connectivity index (χ0) is 24.9. The van der Waals surface area contributed by atoms with Crippen molar-refractivity contribution in [3.05, 3.63) is 129 Å². The van der Waals surface area contributed by atoms with Crippen molar-refractivity contribution in [2.45, 2.75) is 26.2 Å². The molecule has 0 saturated carbocycles. The first-order valence-electron chi connectivity index (χ1n) is 11.3. The third-order valence-electron chi connectivity index (χ3n) is 6.26. The largest absolute Gasteiger partial charge is 0.478 e. The Morgan fingerprint density at radius 2 is 1.63 bits per heavy atom. The molecule has 0 spiro atoms. The van der Waals surface area contributed by atoms with Gasteiger partial charge in [-0.15, -0.1) is 0 Å². The summed E-state index contributed by atoms with van der Waals surface area (Å²) in [4.78, 5) is 25.9. The molecule has 1 heterocycles. The molecule has 1 unspecified atom stereocenters. The Hall–Kier alpha value is -4.45. The molecule has 6 nitrogen and oxygen atoms in total. The highest BCUT2D eigenvalue weighted by molar-refractivity contribution is 6.00. The first-order valence-corrected chi connectivity index (χ1v) is 11.3. The van der Waals surface area contributed by atoms with E-state index in [0.29, 0.717) is 23.3 Å². The number of rotatable bonds is 7. The number of nitrogens with zero attached hydrogens (tertiary/aromatic N) is 1. The Kier molecular flexibility index (Phi) is 6.92. The topological polar surface area (TPSA) is 103 Å². The van der Waals surface area contributed by atoms with Gasteiger partial charge < -0.3 is 15.3 Å². The van der Waals surface area contributed by atoms with E-state index >= 15 is 0 Å². The van der Waals surface area contributed by atoms with E-state index in [1.54, 1.807) is 37.4 Å². The van der Waals surface area contributed by atoms with Crippen molar-refractivity contribution in [1.82, 2.24) is 4.98 Å². The summed E-state index contributed by atoms with van der Waals surface area (Å²) in [5, 5.41) is 22.8. The molecule has 35 heavy (non-hydrogen) atoms. The number of hydrogen-bond acceptors (Lipinski definition) is 4. The van der Waals surface area contributed by atoms with Gasteiger partial charge >= 0.3 is 5.97 Å². The molecular formula is C29H26N2O4. The molecular weight excluding hydrogens is 440 g/mol. The third kappa shape index (κ3) is 5.22. The third-order valence-corrected chi connectivity index (χ3v) is 6.26. The molecule has 0 bridgehead atoms. The van der Waals surface area contributed by atoms with Crippen LogP contribution in [0.1, 0.15) is 50.5 Å². The van der Waals surface area contributed by atoms with Crippen LogP contribution < -0.4 is 5.56 Å². The number of aromatic nitrogens is 1. The number of oxime groups is 1. The van der Waals surface area contributed by atoms with Gasteiger partial charge in [-0.3, -0.25) is 4.79 Å². The van der Waals surface area contributed by atoms with Crippen LogP contribution in [0.3, 0.4) is 0 Å². The number of carboxylic acids is 1. The fourth-order valence-corrected chi connectivity index (χ4v) is 4.30. The maximum Gasteiger partial charge on any atom is 0.335 e. The summed E-state index contributed by atoms with van der Waals surface area (Å²) in [5.74, 6) is -1.06. The molecule has 0 aliphatic rings. The number of aromatic carboxylic acids is 1. The van der Waals surface area contributed by atoms with E-state index in [4.69, 9.17) is 0 Å². The summed E-state index contributed by atoms with van der Waals surface area (Å²) in [6.07, 6.45) is 1.98. The Morgan fingerprint density at radius 1 is 0.886 bits per heavy atom. The van der Waals surface area contributed by atoms with Gasteiger partial charge in [0.2, 0.25) is 0 Å². The van der Waals surface area contributed by atoms with Crippen LogP contribution in [0.4, 0.5) is 0 Å². The van der Waals surface area contributed by atoms with E-state index in [-0.39, 0.29) is 17.0 Å². The molecule has 0 aliphatic heterocycles. The number of H-pyrrole nitrogens is 1. The van der Waals surface area contributed by atoms with Crippen LogP contribution >= 0.6 is 0 Å². The lowest BCUT2D eigenvalue weighted by Gasteiger charge is -2.21. The minimum absolute atomic E-state index is 0.103. The first-order chi connectivity index (χ1) is 16.9. The van der Waals surface area contributed by atoms with Crippen LogP contribution in [0, 0.1) is 13.8 Å². The van der Waals surface area contributed by atoms with Crippen LogP contribution in [-0.2, 0) is 0 Å². The van der Waals surface area contributed by atoms with E-state index < -0.39 is 5.97 Å². The number of pyridine rings is 1. The van der Waals surface area contributed by atoms with Gasteiger partial charge in [0.05, 0.1) is 11.3 Å². The predicted octanol–water partition coefficient (Wildman–Crippen LogP) is 5.76. The van der Waals surface area contributed by atoms with Crippen LogP contribution in [0.5, 0.6) is 0 Å². The van der Waals surface area contributed by atoms with Gasteiger partial charge in [-0.05, 0) is 59.9 Å². The van der Waals surface area contributed by atoms with Crippen molar-refractivity contribution in [3.8, 4) is 11.1 Å². The van der Waals surface area contributed by atoms with Crippen molar-refractivity contribution in [2.24, 2.45) is 5.16 Å². The lowest BCUT2D eigenvalue weighted by Crippen LogP contribution is -2.15. The van der Waals surface area contributed by atoms with Crippen LogP contribution in [0.2, 0.25) is 0 Å². The summed E-state index contributed by atoms with van der Waals surface area (Å²) in [6, 6.07) is 24.7. The zero-order valence-corrected chi connectivity index (χ0v) is 19.5. The second-order valence-electron chi connectivity index (χ2n) is 8.57. The average molecular weight is 467 g/mol. The number of carbonyl (C=O) groups is 1. The lowest BCUT2D eigenvalue weighted by molar-refractivity contribution is 0.0697. The smallest absolute Gasteiger partial charge is 0.335 e. The molecule has 1 atom stereocenters. The van der Waals surface area contributed by atoms with E-state index in [1.807, 2.05) is 55.5 Å². The minimum Gasteiger partial charge on any atom is -0.478 e. The molecule has 0 amide bonds. The SMILES string of the molecule is Cc1ccccc1C(C/C(=N\O)c1c[nH]c(=O)c(C)c1)c1ccc(-c2cccc(C(=O)O)c2)cc1. The molecule has 0 fully saturated rings. The van der Waals surface area contributed by atoms with Crippen LogP contribution in [0.25, 0.3) is 11.1 Å². The highest BCUT2D eigenvalue weighted by atomic mass is 16.4. The van der Waals surface area contributed by atoms with Crippen LogP contribution in [-0.4, -0.2) is 27.0 Å². The van der Waals surface area contributed by atoms with Gasteiger partial charge in [0.25, 0.3) is 5.56 Å². The predicted molar refractivity (Wildman–Crippen MR) is 137 cm³/mol. The quantitative estimate of drug-likeness (QED) is 0.183. The summed E-state index contributed by atoms with van der Waals surface area (Å²) in [7, 11) is 0. The maximum absolute atomic E-state index is 11.8. The highest BCUT2D eigenvalue weighted by Gasteiger charge is 2.21. The van der Waals surface area contributed by atoms with Crippen molar-refractivity contribution in [1.29, 1.82) is 0 Å². The number of benzene rings is 3. The molecule has 0 saturated heterocycles. The molecule has 4 aromatic rings. The molecule has 0 aliphatic carbocycles. The fourth-order valence-electron chi connectivity index (χ4n) is 4.30. The summed E-state index contributed by atoms with van der Waals surface area (Å²) in [5.41, 5.74) is 6.72. The normalized spacial score (nSPS) is 12.3. The monoisotopic (exact) mass is 466 g/mol. The fraction of sp³-hybridized carbons (Fsp3) is 0.138. The van der Waals surface area contributed by atoms with Gasteiger partial charge in [0, 0.05) is 29.7 Å². The van der Waals surface area contributed by atoms with E-state index in [1.165, 1.54) is 0 Å². The van der Waals surface area contributed by atoms with Gasteiger partial charge in [-0.1, -0.05) is 65.8 Å². The summed E-state index contributed by atoms with van der Waals surface area (Å²) in [6.45, 7) is 3.77. The van der Waals surface area contributed by atoms with Gasteiger partial charge in [-0.2, -0.15) is 0 Å². The number of aromatic amines is 1. The number of carboxylic acid groups (broad SMARTS) is 1. The Balaban J connectivity index is 1.73. The van der Waals surface area contributed by atoms with Gasteiger partial charge in [-0.25, -0.2) is 4.79 Å². The minimum atomic E-state index is -0.962. The Bertz CT molecular complexity index is 1450. The average Bonchev–Trinajstić information content (AvgIpc) is 2.87. The molecule has 3 N–H and O–H groups in total. The first kappa shape index (κ1) is 23.7. The second kappa shape index (κ2) is 10.2. The standard InChI is InChI=1S/C29H26N2O4/c1-18-6-3-4-9-25(18)26(16-27(31-35)24-14-19(2)28(32)30-17-24)21-12-10-20(11-13-21)22-7-5-8-23(15-22)29(33)34/h3-15,17,26,35H,16H2,1-2H3,(H,30,32)(H,33,34)/b31-27+. The van der Waals surface area contributed by atoms with Crippen molar-refractivity contribution < 1.29 is 15.1 Å². The Morgan fingerprint density at radius 3 is 2.29 bits per heavy atom. The van der Waals surface area contributed by atoms with Crippen molar-refractivity contribution in [3.63, 3.8) is 0 Å². The number of hydrogen-bond donors (Lipinski definition) is 3. The van der Waals surface area contributed by atoms with Crippen molar-refractivity contribution in [2.75, 3.05) is 0 Å². The second-order valence-corrected chi connectivity index (χ2v) is 8.57. The molecule has 3 aromatic carbocycles. The number of aryl methyl sites for hydroxylation is 2. The van der Waals surface area contributed by atoms with Crippen molar-refractivity contribution >= 4 is 11.7 Å². The molecule has 1 aromatic heterocycles. The summed E-state index contributed by atoms with van der Waals surface area (Å²) >= 11 is 0. The highest BCUT2D eigenvalue weighted by Crippen LogP contribution is 2.33. The van der Waals surface area contributed by atoms with E-state index in [0.717, 1.165) is 27.8 Å².